The normalized spacial score (nSPS) is 17.3. The summed E-state index contributed by atoms with van der Waals surface area (Å²) in [5.74, 6) is -0.207. The molecule has 170 valence electrons. The number of carboxylic acids is 1. The maximum atomic E-state index is 11.4. The van der Waals surface area contributed by atoms with Gasteiger partial charge in [0.05, 0.1) is 6.10 Å². The zero-order valence-corrected chi connectivity index (χ0v) is 19.6. The molecular formula is C17H24N4O7P2S. The summed E-state index contributed by atoms with van der Waals surface area (Å²) >= 11 is 1.18. The molecule has 0 spiro atoms. The highest BCUT2D eigenvalue weighted by atomic mass is 32.2. The van der Waals surface area contributed by atoms with Crippen LogP contribution < -0.4 is 5.73 Å². The van der Waals surface area contributed by atoms with Crippen LogP contribution in [0.3, 0.4) is 0 Å². The molecule has 0 amide bonds. The number of aliphatic hydroxyl groups excluding tert-OH is 1. The summed E-state index contributed by atoms with van der Waals surface area (Å²) in [5.41, 5.74) is 7.20. The zero-order chi connectivity index (χ0) is 23.3. The summed E-state index contributed by atoms with van der Waals surface area (Å²) in [6.07, 6.45) is 0.769. The van der Waals surface area contributed by atoms with E-state index in [1.807, 2.05) is 0 Å². The molecule has 0 saturated carbocycles. The molecule has 0 aliphatic carbocycles. The Labute approximate surface area is 184 Å². The Hall–Kier alpha value is -2.00. The molecule has 2 atom stereocenters. The summed E-state index contributed by atoms with van der Waals surface area (Å²) < 4.78 is 45.5. The fourth-order valence-electron chi connectivity index (χ4n) is 3.15. The molecule has 0 aromatic carbocycles. The maximum Gasteiger partial charge on any atom is 0.333 e. The van der Waals surface area contributed by atoms with Gasteiger partial charge in [-0.2, -0.15) is 0 Å². The van der Waals surface area contributed by atoms with Crippen LogP contribution in [-0.2, 0) is 29.6 Å². The first-order valence-electron chi connectivity index (χ1n) is 9.39. The quantitative estimate of drug-likeness (QED) is 0.386. The number of nitrogens with zero attached hydrogens (tertiary/aromatic N) is 3. The van der Waals surface area contributed by atoms with Gasteiger partial charge in [-0.25, -0.2) is 28.2 Å². The number of hydrogen-bond acceptors (Lipinski definition) is 11. The molecule has 0 bridgehead atoms. The third kappa shape index (κ3) is 6.74. The highest BCUT2D eigenvalue weighted by Crippen LogP contribution is 2.47. The first kappa shape index (κ1) is 25.3. The van der Waals surface area contributed by atoms with Crippen molar-refractivity contribution in [3.63, 3.8) is 0 Å². The number of hydrogen-bond donors (Lipinski definition) is 3. The van der Waals surface area contributed by atoms with Gasteiger partial charge >= 0.3 is 21.3 Å². The molecule has 1 aromatic heterocycles. The van der Waals surface area contributed by atoms with Crippen molar-refractivity contribution in [3.8, 4) is 0 Å². The Balaban J connectivity index is 2.31. The molecule has 2 heterocycles. The lowest BCUT2D eigenvalue weighted by molar-refractivity contribution is -0.137. The predicted molar refractivity (Wildman–Crippen MR) is 113 cm³/mol. The summed E-state index contributed by atoms with van der Waals surface area (Å²) in [4.78, 5) is 21.4. The first-order valence-corrected chi connectivity index (χ1v) is 12.8. The number of carbonyl (C=O) groups is 1. The standard InChI is InChI=1S/C17H24N4O7P2S/c1-9-13(6-15(29(25)26)30(27)28)31-17(12(22)4-3-5-14(23)24)21(9)8-11-7-19-10(2)20-16(11)18/h7,12,15,17,22H,3-6,8H2,1-2H3,(H,23,24)(H2,18,19,20). The van der Waals surface area contributed by atoms with Crippen LogP contribution in [0.1, 0.15) is 44.0 Å². The molecule has 0 radical (unpaired) electrons. The van der Waals surface area contributed by atoms with Crippen LogP contribution in [0, 0.1) is 6.92 Å². The van der Waals surface area contributed by atoms with Gasteiger partial charge in [-0.1, -0.05) is 0 Å². The van der Waals surface area contributed by atoms with Crippen molar-refractivity contribution < 1.29 is 33.3 Å². The van der Waals surface area contributed by atoms with Crippen LogP contribution in [0.4, 0.5) is 5.82 Å². The van der Waals surface area contributed by atoms with Crippen LogP contribution in [0.2, 0.25) is 0 Å². The average Bonchev–Trinajstić information content (AvgIpc) is 2.96. The Morgan fingerprint density at radius 1 is 1.29 bits per heavy atom. The molecular weight excluding hydrogens is 466 g/mol. The number of aryl methyl sites for hydroxylation is 1. The summed E-state index contributed by atoms with van der Waals surface area (Å²) in [5, 5.41) is 17.4. The van der Waals surface area contributed by atoms with E-state index in [2.05, 4.69) is 9.97 Å². The number of rotatable bonds is 11. The average molecular weight is 490 g/mol. The van der Waals surface area contributed by atoms with Crippen molar-refractivity contribution in [2.75, 3.05) is 5.73 Å². The largest absolute Gasteiger partial charge is 0.481 e. The summed E-state index contributed by atoms with van der Waals surface area (Å²) in [6.45, 7) is 3.62. The number of allylic oxidation sites excluding steroid dienone is 2. The minimum Gasteiger partial charge on any atom is -0.481 e. The number of aliphatic carboxylic acids is 1. The molecule has 14 heteroatoms. The van der Waals surface area contributed by atoms with Gasteiger partial charge in [-0.05, 0) is 26.7 Å². The molecule has 2 rings (SSSR count). The molecule has 2 unspecified atom stereocenters. The number of aromatic nitrogens is 2. The summed E-state index contributed by atoms with van der Waals surface area (Å²) in [6, 6.07) is 0. The molecule has 0 fully saturated rings. The smallest absolute Gasteiger partial charge is 0.333 e. The van der Waals surface area contributed by atoms with E-state index in [-0.39, 0.29) is 38.0 Å². The number of nitrogen functional groups attached to an aromatic ring is 1. The third-order valence-corrected chi connectivity index (χ3v) is 8.86. The topological polar surface area (TPSA) is 181 Å². The van der Waals surface area contributed by atoms with E-state index in [9.17, 15) is 28.2 Å². The van der Waals surface area contributed by atoms with Crippen molar-refractivity contribution in [1.82, 2.24) is 14.9 Å². The van der Waals surface area contributed by atoms with Gasteiger partial charge in [0, 0.05) is 41.7 Å². The number of carboxylic acid groups (broad SMARTS) is 1. The second-order valence-electron chi connectivity index (χ2n) is 7.08. The van der Waals surface area contributed by atoms with Gasteiger partial charge in [-0.15, -0.1) is 11.8 Å². The van der Waals surface area contributed by atoms with Crippen LogP contribution in [0.25, 0.3) is 0 Å². The monoisotopic (exact) mass is 490 g/mol. The second-order valence-corrected chi connectivity index (χ2v) is 11.1. The molecule has 1 aromatic rings. The van der Waals surface area contributed by atoms with Crippen molar-refractivity contribution in [3.05, 3.63) is 28.2 Å². The van der Waals surface area contributed by atoms with Gasteiger partial charge in [0.15, 0.2) is 5.40 Å². The van der Waals surface area contributed by atoms with E-state index >= 15 is 0 Å². The Morgan fingerprint density at radius 3 is 2.48 bits per heavy atom. The lowest BCUT2D eigenvalue weighted by Crippen LogP contribution is -2.37. The zero-order valence-electron chi connectivity index (χ0n) is 17.0. The lowest BCUT2D eigenvalue weighted by Gasteiger charge is -2.31. The molecule has 11 nitrogen and oxygen atoms in total. The van der Waals surface area contributed by atoms with Gasteiger partial charge in [0.1, 0.15) is 17.0 Å². The van der Waals surface area contributed by atoms with Crippen LogP contribution in [-0.4, -0.2) is 47.9 Å². The molecule has 31 heavy (non-hydrogen) atoms. The van der Waals surface area contributed by atoms with E-state index in [1.165, 1.54) is 11.8 Å². The molecule has 4 N–H and O–H groups in total. The van der Waals surface area contributed by atoms with Crippen LogP contribution >= 0.6 is 27.1 Å². The molecule has 1 aliphatic rings. The maximum absolute atomic E-state index is 11.4. The van der Waals surface area contributed by atoms with E-state index in [4.69, 9.17) is 10.8 Å². The van der Waals surface area contributed by atoms with Gasteiger partial charge in [0.25, 0.3) is 0 Å². The second kappa shape index (κ2) is 11.0. The fourth-order valence-corrected chi connectivity index (χ4v) is 6.17. The van der Waals surface area contributed by atoms with E-state index in [0.29, 0.717) is 22.0 Å². The van der Waals surface area contributed by atoms with Crippen molar-refractivity contribution in [1.29, 1.82) is 0 Å². The van der Waals surface area contributed by atoms with Gasteiger partial charge in [0.2, 0.25) is 0 Å². The van der Waals surface area contributed by atoms with Crippen molar-refractivity contribution in [2.24, 2.45) is 0 Å². The number of anilines is 1. The minimum atomic E-state index is -3.19. The third-order valence-electron chi connectivity index (χ3n) is 4.84. The van der Waals surface area contributed by atoms with Crippen molar-refractivity contribution >= 4 is 38.9 Å². The Kier molecular flexibility index (Phi) is 9.00. The highest BCUT2D eigenvalue weighted by molar-refractivity contribution is 8.03. The number of nitrogens with two attached hydrogens (primary N) is 1. The van der Waals surface area contributed by atoms with Crippen LogP contribution in [0.15, 0.2) is 16.8 Å². The Morgan fingerprint density at radius 2 is 1.94 bits per heavy atom. The lowest BCUT2D eigenvalue weighted by atomic mass is 10.1. The number of aliphatic hydroxyl groups is 1. The first-order chi connectivity index (χ1) is 14.5. The van der Waals surface area contributed by atoms with Crippen molar-refractivity contribution in [2.45, 2.75) is 63.0 Å². The predicted octanol–water partition coefficient (Wildman–Crippen LogP) is 3.15. The highest BCUT2D eigenvalue weighted by Gasteiger charge is 2.37. The van der Waals surface area contributed by atoms with Gasteiger partial charge in [-0.3, -0.25) is 4.79 Å². The van der Waals surface area contributed by atoms with E-state index < -0.39 is 38.2 Å². The van der Waals surface area contributed by atoms with E-state index in [1.54, 1.807) is 24.9 Å². The van der Waals surface area contributed by atoms with E-state index in [0.717, 1.165) is 0 Å². The number of thioether (sulfide) groups is 1. The summed E-state index contributed by atoms with van der Waals surface area (Å²) in [7, 11) is -6.37. The fraction of sp³-hybridized carbons (Fsp3) is 0.588. The SMILES string of the molecule is CC1=C(CC(P(=O)=O)P(=O)=O)SC(C(O)CCCC(=O)O)N1Cc1cnc(C)nc1N. The minimum absolute atomic E-state index is 0.0954. The molecule has 1 aliphatic heterocycles. The Bertz CT molecular complexity index is 974. The van der Waals surface area contributed by atoms with Crippen LogP contribution in [0.5, 0.6) is 0 Å². The molecule has 0 saturated heterocycles. The van der Waals surface area contributed by atoms with Gasteiger partial charge < -0.3 is 20.8 Å².